The van der Waals surface area contributed by atoms with E-state index >= 15 is 0 Å². The normalized spacial score (nSPS) is 12.6. The molecule has 0 aliphatic carbocycles. The van der Waals surface area contributed by atoms with Gasteiger partial charge in [-0.2, -0.15) is 0 Å². The van der Waals surface area contributed by atoms with Crippen LogP contribution in [0.3, 0.4) is 0 Å². The van der Waals surface area contributed by atoms with E-state index in [9.17, 15) is 4.39 Å². The number of benzene rings is 1. The molecular formula is C8H9FO2. The number of methoxy groups -OCH3 is 1. The molecule has 0 fully saturated rings. The highest BCUT2D eigenvalue weighted by atomic mass is 19.1. The topological polar surface area (TPSA) is 29.5 Å². The fraction of sp³-hybridized carbons (Fsp3) is 0.250. The molecule has 0 spiro atoms. The van der Waals surface area contributed by atoms with Crippen molar-refractivity contribution in [1.29, 1.82) is 0 Å². The Bertz CT molecular complexity index is 218. The van der Waals surface area contributed by atoms with Gasteiger partial charge in [0.15, 0.2) is 0 Å². The number of halogens is 1. The molecule has 0 saturated carbocycles. The Morgan fingerprint density at radius 2 is 1.91 bits per heavy atom. The Morgan fingerprint density at radius 3 is 2.27 bits per heavy atom. The van der Waals surface area contributed by atoms with Gasteiger partial charge >= 0.3 is 0 Å². The van der Waals surface area contributed by atoms with Crippen LogP contribution in [0.15, 0.2) is 24.3 Å². The van der Waals surface area contributed by atoms with Crippen molar-refractivity contribution < 1.29 is 14.2 Å². The molecule has 0 amide bonds. The van der Waals surface area contributed by atoms with Crippen LogP contribution >= 0.6 is 0 Å². The van der Waals surface area contributed by atoms with Crippen molar-refractivity contribution >= 4 is 0 Å². The van der Waals surface area contributed by atoms with Crippen LogP contribution in [-0.4, -0.2) is 12.2 Å². The van der Waals surface area contributed by atoms with E-state index in [0.29, 0.717) is 5.75 Å². The number of aliphatic hydroxyl groups excluding tert-OH is 1. The van der Waals surface area contributed by atoms with E-state index < -0.39 is 6.36 Å². The largest absolute Gasteiger partial charge is 0.497 e. The summed E-state index contributed by atoms with van der Waals surface area (Å²) in [6.07, 6.45) is -1.90. The van der Waals surface area contributed by atoms with Gasteiger partial charge in [0.1, 0.15) is 5.75 Å². The van der Waals surface area contributed by atoms with Crippen LogP contribution in [0.5, 0.6) is 5.75 Å². The molecule has 1 rings (SSSR count). The molecule has 2 nitrogen and oxygen atoms in total. The molecular weight excluding hydrogens is 147 g/mol. The zero-order chi connectivity index (χ0) is 8.27. The predicted octanol–water partition coefficient (Wildman–Crippen LogP) is 1.66. The molecule has 0 aliphatic heterocycles. The zero-order valence-electron chi connectivity index (χ0n) is 6.12. The van der Waals surface area contributed by atoms with E-state index in [2.05, 4.69) is 0 Å². The molecule has 1 unspecified atom stereocenters. The molecule has 1 N–H and O–H groups in total. The Balaban J connectivity index is 2.83. The molecule has 0 bridgehead atoms. The third kappa shape index (κ3) is 1.91. The summed E-state index contributed by atoms with van der Waals surface area (Å²) in [5.74, 6) is 0.648. The van der Waals surface area contributed by atoms with E-state index in [4.69, 9.17) is 9.84 Å². The molecule has 1 aromatic carbocycles. The van der Waals surface area contributed by atoms with Crippen molar-refractivity contribution in [3.63, 3.8) is 0 Å². The van der Waals surface area contributed by atoms with Crippen molar-refractivity contribution in [1.82, 2.24) is 0 Å². The molecule has 60 valence electrons. The molecule has 1 atom stereocenters. The number of ether oxygens (including phenoxy) is 1. The third-order valence-electron chi connectivity index (χ3n) is 1.39. The van der Waals surface area contributed by atoms with Crippen LogP contribution < -0.4 is 4.74 Å². The maximum Gasteiger partial charge on any atom is 0.222 e. The standard InChI is InChI=1S/C8H9FO2/c1-11-7-4-2-6(3-5-7)8(9)10/h2-5,8,10H,1H3. The summed E-state index contributed by atoms with van der Waals surface area (Å²) >= 11 is 0. The fourth-order valence-electron chi connectivity index (χ4n) is 0.763. The summed E-state index contributed by atoms with van der Waals surface area (Å²) in [5.41, 5.74) is 0.241. The lowest BCUT2D eigenvalue weighted by Gasteiger charge is -2.02. The minimum absolute atomic E-state index is 0.241. The monoisotopic (exact) mass is 156 g/mol. The van der Waals surface area contributed by atoms with Gasteiger partial charge in [-0.25, -0.2) is 4.39 Å². The first kappa shape index (κ1) is 8.01. The van der Waals surface area contributed by atoms with E-state index in [1.807, 2.05) is 0 Å². The minimum atomic E-state index is -1.90. The van der Waals surface area contributed by atoms with Gasteiger partial charge in [0.2, 0.25) is 6.36 Å². The summed E-state index contributed by atoms with van der Waals surface area (Å²) in [6, 6.07) is 6.14. The van der Waals surface area contributed by atoms with Gasteiger partial charge in [-0.15, -0.1) is 0 Å². The second-order valence-corrected chi connectivity index (χ2v) is 2.11. The van der Waals surface area contributed by atoms with E-state index in [1.165, 1.54) is 19.2 Å². The van der Waals surface area contributed by atoms with Gasteiger partial charge in [-0.3, -0.25) is 0 Å². The number of alkyl halides is 1. The lowest BCUT2D eigenvalue weighted by molar-refractivity contribution is 0.0411. The smallest absolute Gasteiger partial charge is 0.222 e. The quantitative estimate of drug-likeness (QED) is 0.705. The first-order chi connectivity index (χ1) is 5.24. The van der Waals surface area contributed by atoms with Crippen LogP contribution in [-0.2, 0) is 0 Å². The first-order valence-corrected chi connectivity index (χ1v) is 3.20. The van der Waals surface area contributed by atoms with Crippen LogP contribution in [0.2, 0.25) is 0 Å². The molecule has 3 heteroatoms. The lowest BCUT2D eigenvalue weighted by atomic mass is 10.2. The second-order valence-electron chi connectivity index (χ2n) is 2.11. The van der Waals surface area contributed by atoms with E-state index in [0.717, 1.165) is 0 Å². The van der Waals surface area contributed by atoms with Crippen LogP contribution in [0, 0.1) is 0 Å². The van der Waals surface area contributed by atoms with Gasteiger partial charge in [0, 0.05) is 5.56 Å². The van der Waals surface area contributed by atoms with Gasteiger partial charge in [0.05, 0.1) is 7.11 Å². The first-order valence-electron chi connectivity index (χ1n) is 3.20. The minimum Gasteiger partial charge on any atom is -0.497 e. The van der Waals surface area contributed by atoms with Crippen molar-refractivity contribution in [2.45, 2.75) is 6.36 Å². The maximum absolute atomic E-state index is 12.2. The highest BCUT2D eigenvalue weighted by Gasteiger charge is 2.02. The number of hydrogen-bond donors (Lipinski definition) is 1. The second kappa shape index (κ2) is 3.34. The van der Waals surface area contributed by atoms with Gasteiger partial charge in [-0.1, -0.05) is 0 Å². The van der Waals surface area contributed by atoms with Crippen molar-refractivity contribution in [2.24, 2.45) is 0 Å². The number of rotatable bonds is 2. The molecule has 0 aromatic heterocycles. The van der Waals surface area contributed by atoms with E-state index in [1.54, 1.807) is 12.1 Å². The average molecular weight is 156 g/mol. The van der Waals surface area contributed by atoms with Crippen molar-refractivity contribution in [3.05, 3.63) is 29.8 Å². The maximum atomic E-state index is 12.2. The molecule has 0 heterocycles. The third-order valence-corrected chi connectivity index (χ3v) is 1.39. The van der Waals surface area contributed by atoms with E-state index in [-0.39, 0.29) is 5.56 Å². The molecule has 0 radical (unpaired) electrons. The van der Waals surface area contributed by atoms with Crippen LogP contribution in [0.1, 0.15) is 11.9 Å². The summed E-state index contributed by atoms with van der Waals surface area (Å²) in [5, 5.41) is 8.48. The van der Waals surface area contributed by atoms with Gasteiger partial charge in [-0.05, 0) is 24.3 Å². The zero-order valence-corrected chi connectivity index (χ0v) is 6.12. The summed E-state index contributed by atoms with van der Waals surface area (Å²) in [4.78, 5) is 0. The molecule has 1 aromatic rings. The summed E-state index contributed by atoms with van der Waals surface area (Å²) in [7, 11) is 1.53. The highest BCUT2D eigenvalue weighted by molar-refractivity contribution is 5.27. The predicted molar refractivity (Wildman–Crippen MR) is 39.1 cm³/mol. The Morgan fingerprint density at radius 1 is 1.36 bits per heavy atom. The van der Waals surface area contributed by atoms with Crippen LogP contribution in [0.4, 0.5) is 4.39 Å². The van der Waals surface area contributed by atoms with Crippen LogP contribution in [0.25, 0.3) is 0 Å². The lowest BCUT2D eigenvalue weighted by Crippen LogP contribution is -1.89. The SMILES string of the molecule is COc1ccc(C(O)F)cc1. The summed E-state index contributed by atoms with van der Waals surface area (Å²) in [6.45, 7) is 0. The van der Waals surface area contributed by atoms with Crippen molar-refractivity contribution in [2.75, 3.05) is 7.11 Å². The van der Waals surface area contributed by atoms with Gasteiger partial charge in [0.25, 0.3) is 0 Å². The fourth-order valence-corrected chi connectivity index (χ4v) is 0.763. The Hall–Kier alpha value is -1.09. The molecule has 0 aliphatic rings. The number of hydrogen-bond acceptors (Lipinski definition) is 2. The van der Waals surface area contributed by atoms with Crippen molar-refractivity contribution in [3.8, 4) is 5.75 Å². The Kier molecular flexibility index (Phi) is 2.44. The van der Waals surface area contributed by atoms with Gasteiger partial charge < -0.3 is 9.84 Å². The Labute approximate surface area is 64.2 Å². The summed E-state index contributed by atoms with van der Waals surface area (Å²) < 4.78 is 17.0. The molecule has 0 saturated heterocycles. The highest BCUT2D eigenvalue weighted by Crippen LogP contribution is 2.17. The molecule has 11 heavy (non-hydrogen) atoms. The average Bonchev–Trinajstić information content (AvgIpc) is 2.05. The number of aliphatic hydroxyl groups is 1.